The van der Waals surface area contributed by atoms with E-state index in [1.807, 2.05) is 12.3 Å². The van der Waals surface area contributed by atoms with Crippen LogP contribution >= 0.6 is 11.3 Å². The van der Waals surface area contributed by atoms with E-state index in [9.17, 15) is 13.9 Å². The molecule has 5 nitrogen and oxygen atoms in total. The summed E-state index contributed by atoms with van der Waals surface area (Å²) >= 11 is 1.67. The highest BCUT2D eigenvalue weighted by Crippen LogP contribution is 2.19. The predicted octanol–water partition coefficient (Wildman–Crippen LogP) is 3.18. The number of aliphatic hydroxyl groups excluding tert-OH is 1. The summed E-state index contributed by atoms with van der Waals surface area (Å²) in [6.45, 7) is 0.702. The molecule has 1 aromatic carbocycles. The Bertz CT molecular complexity index is 664. The number of halogens is 2. The highest BCUT2D eigenvalue weighted by atomic mass is 32.1. The summed E-state index contributed by atoms with van der Waals surface area (Å²) in [5, 5.41) is 20.7. The lowest BCUT2D eigenvalue weighted by molar-refractivity contribution is -0.0498. The molecule has 1 atom stereocenters. The van der Waals surface area contributed by atoms with Crippen LogP contribution in [0.15, 0.2) is 46.1 Å². The van der Waals surface area contributed by atoms with Gasteiger partial charge in [0.1, 0.15) is 5.75 Å². The van der Waals surface area contributed by atoms with E-state index in [2.05, 4.69) is 31.8 Å². The first kappa shape index (κ1) is 20.1. The van der Waals surface area contributed by atoms with Crippen molar-refractivity contribution in [3.63, 3.8) is 0 Å². The summed E-state index contributed by atoms with van der Waals surface area (Å²) in [6, 6.07) is 7.99. The van der Waals surface area contributed by atoms with Crippen LogP contribution in [-0.2, 0) is 6.42 Å². The predicted molar refractivity (Wildman–Crippen MR) is 100 cm³/mol. The van der Waals surface area contributed by atoms with Crippen molar-refractivity contribution in [2.45, 2.75) is 26.1 Å². The number of benzene rings is 1. The van der Waals surface area contributed by atoms with Crippen molar-refractivity contribution >= 4 is 17.3 Å². The minimum Gasteiger partial charge on any atom is -0.435 e. The first-order chi connectivity index (χ1) is 12.6. The number of nitrogens with zero attached hydrogens (tertiary/aromatic N) is 1. The standard InChI is InChI=1S/C18H23F2N3O2S/c1-2-21-18(22-9-7-13-8-10-26-12-13)23-11-16(24)14-3-5-15(6-4-14)25-17(19)20/h3-6,8,10,12,16-17,24H,2,7,9,11H2,1H3,(H2,21,22,23). The topological polar surface area (TPSA) is 65.9 Å². The summed E-state index contributed by atoms with van der Waals surface area (Å²) in [4.78, 5) is 4.38. The highest BCUT2D eigenvalue weighted by Gasteiger charge is 2.09. The molecule has 1 aromatic heterocycles. The highest BCUT2D eigenvalue weighted by molar-refractivity contribution is 7.07. The second-order valence-corrected chi connectivity index (χ2v) is 6.27. The second-order valence-electron chi connectivity index (χ2n) is 5.49. The molecule has 8 heteroatoms. The molecule has 2 rings (SSSR count). The van der Waals surface area contributed by atoms with E-state index < -0.39 is 12.7 Å². The average molecular weight is 383 g/mol. The maximum absolute atomic E-state index is 12.2. The molecular formula is C18H23F2N3O2S. The van der Waals surface area contributed by atoms with Crippen molar-refractivity contribution in [2.75, 3.05) is 19.6 Å². The number of aliphatic imine (C=N–C) groups is 1. The first-order valence-corrected chi connectivity index (χ1v) is 9.29. The number of hydrogen-bond acceptors (Lipinski definition) is 4. The van der Waals surface area contributed by atoms with E-state index in [1.165, 1.54) is 17.7 Å². The molecule has 0 spiro atoms. The van der Waals surface area contributed by atoms with Gasteiger partial charge < -0.3 is 20.5 Å². The van der Waals surface area contributed by atoms with Gasteiger partial charge in [-0.1, -0.05) is 12.1 Å². The van der Waals surface area contributed by atoms with Gasteiger partial charge >= 0.3 is 6.61 Å². The summed E-state index contributed by atoms with van der Waals surface area (Å²) in [5.41, 5.74) is 1.86. The molecular weight excluding hydrogens is 360 g/mol. The zero-order chi connectivity index (χ0) is 18.8. The van der Waals surface area contributed by atoms with Gasteiger partial charge in [-0.3, -0.25) is 4.99 Å². The number of ether oxygens (including phenoxy) is 1. The van der Waals surface area contributed by atoms with E-state index in [4.69, 9.17) is 0 Å². The Morgan fingerprint density at radius 2 is 2.00 bits per heavy atom. The average Bonchev–Trinajstić information content (AvgIpc) is 3.13. The fourth-order valence-corrected chi connectivity index (χ4v) is 2.96. The van der Waals surface area contributed by atoms with Crippen LogP contribution < -0.4 is 15.4 Å². The number of guanidine groups is 1. The number of hydrogen-bond donors (Lipinski definition) is 3. The molecule has 0 fully saturated rings. The summed E-state index contributed by atoms with van der Waals surface area (Å²) in [7, 11) is 0. The minimum absolute atomic E-state index is 0.0582. The van der Waals surface area contributed by atoms with Crippen LogP contribution in [0.5, 0.6) is 5.75 Å². The largest absolute Gasteiger partial charge is 0.435 e. The van der Waals surface area contributed by atoms with Crippen molar-refractivity contribution in [3.8, 4) is 5.75 Å². The Hall–Kier alpha value is -2.19. The molecule has 3 N–H and O–H groups in total. The molecule has 0 amide bonds. The molecule has 0 radical (unpaired) electrons. The van der Waals surface area contributed by atoms with E-state index >= 15 is 0 Å². The second kappa shape index (κ2) is 10.7. The van der Waals surface area contributed by atoms with E-state index in [-0.39, 0.29) is 12.3 Å². The molecule has 2 aromatic rings. The van der Waals surface area contributed by atoms with Gasteiger partial charge in [0.15, 0.2) is 5.96 Å². The van der Waals surface area contributed by atoms with Gasteiger partial charge in [-0.05, 0) is 53.4 Å². The molecule has 0 saturated heterocycles. The summed E-state index contributed by atoms with van der Waals surface area (Å²) in [5.74, 6) is 0.683. The van der Waals surface area contributed by atoms with Crippen molar-refractivity contribution in [1.82, 2.24) is 10.6 Å². The van der Waals surface area contributed by atoms with Crippen LogP contribution in [0.25, 0.3) is 0 Å². The normalized spacial score (nSPS) is 12.9. The van der Waals surface area contributed by atoms with E-state index in [0.717, 1.165) is 13.0 Å². The Labute approximate surface area is 155 Å². The number of nitrogens with one attached hydrogen (secondary N) is 2. The quantitative estimate of drug-likeness (QED) is 0.460. The molecule has 26 heavy (non-hydrogen) atoms. The molecule has 0 aliphatic carbocycles. The number of rotatable bonds is 9. The SMILES string of the molecule is CCNC(=NCC(O)c1ccc(OC(F)F)cc1)NCCc1ccsc1. The third-order valence-corrected chi connectivity index (χ3v) is 4.27. The van der Waals surface area contributed by atoms with Gasteiger partial charge in [0, 0.05) is 13.1 Å². The van der Waals surface area contributed by atoms with Gasteiger partial charge in [0.2, 0.25) is 0 Å². The maximum Gasteiger partial charge on any atom is 0.387 e. The van der Waals surface area contributed by atoms with Gasteiger partial charge in [-0.2, -0.15) is 20.1 Å². The van der Waals surface area contributed by atoms with Crippen molar-refractivity contribution in [2.24, 2.45) is 4.99 Å². The van der Waals surface area contributed by atoms with E-state index in [1.54, 1.807) is 23.5 Å². The van der Waals surface area contributed by atoms with Crippen LogP contribution in [0, 0.1) is 0 Å². The maximum atomic E-state index is 12.2. The minimum atomic E-state index is -2.86. The molecule has 0 aliphatic heterocycles. The first-order valence-electron chi connectivity index (χ1n) is 8.34. The Morgan fingerprint density at radius 1 is 1.23 bits per heavy atom. The fraction of sp³-hybridized carbons (Fsp3) is 0.389. The Balaban J connectivity index is 1.86. The molecule has 0 bridgehead atoms. The molecule has 142 valence electrons. The van der Waals surface area contributed by atoms with Crippen LogP contribution in [0.4, 0.5) is 8.78 Å². The summed E-state index contributed by atoms with van der Waals surface area (Å²) < 4.78 is 28.6. The van der Waals surface area contributed by atoms with Crippen LogP contribution in [0.3, 0.4) is 0 Å². The van der Waals surface area contributed by atoms with Crippen LogP contribution in [-0.4, -0.2) is 37.3 Å². The monoisotopic (exact) mass is 383 g/mol. The van der Waals surface area contributed by atoms with Crippen LogP contribution in [0.1, 0.15) is 24.2 Å². The van der Waals surface area contributed by atoms with Crippen LogP contribution in [0.2, 0.25) is 0 Å². The van der Waals surface area contributed by atoms with Crippen molar-refractivity contribution < 1.29 is 18.6 Å². The molecule has 1 heterocycles. The van der Waals surface area contributed by atoms with Gasteiger partial charge in [-0.25, -0.2) is 0 Å². The van der Waals surface area contributed by atoms with Crippen molar-refractivity contribution in [3.05, 3.63) is 52.2 Å². The Kier molecular flexibility index (Phi) is 8.30. The number of alkyl halides is 2. The lowest BCUT2D eigenvalue weighted by Crippen LogP contribution is -2.38. The van der Waals surface area contributed by atoms with Crippen molar-refractivity contribution in [1.29, 1.82) is 0 Å². The summed E-state index contributed by atoms with van der Waals surface area (Å²) in [6.07, 6.45) is 0.0603. The smallest absolute Gasteiger partial charge is 0.387 e. The number of thiophene rings is 1. The molecule has 0 aliphatic rings. The zero-order valence-corrected chi connectivity index (χ0v) is 15.3. The fourth-order valence-electron chi connectivity index (χ4n) is 2.26. The van der Waals surface area contributed by atoms with E-state index in [0.29, 0.717) is 18.1 Å². The lowest BCUT2D eigenvalue weighted by Gasteiger charge is -2.13. The molecule has 0 saturated carbocycles. The van der Waals surface area contributed by atoms with Gasteiger partial charge in [0.05, 0.1) is 12.6 Å². The molecule has 1 unspecified atom stereocenters. The number of aliphatic hydroxyl groups is 1. The third-order valence-electron chi connectivity index (χ3n) is 3.54. The van der Waals surface area contributed by atoms with Gasteiger partial charge in [0.25, 0.3) is 0 Å². The Morgan fingerprint density at radius 3 is 2.62 bits per heavy atom. The van der Waals surface area contributed by atoms with Gasteiger partial charge in [-0.15, -0.1) is 0 Å². The third kappa shape index (κ3) is 6.97. The zero-order valence-electron chi connectivity index (χ0n) is 14.5. The lowest BCUT2D eigenvalue weighted by atomic mass is 10.1.